The topological polar surface area (TPSA) is 64.6 Å². The fraction of sp³-hybridized carbons (Fsp3) is 0.500. The Morgan fingerprint density at radius 3 is 2.15 bits per heavy atom. The molecule has 1 aliphatic rings. The van der Waals surface area contributed by atoms with Gasteiger partial charge in [-0.2, -0.15) is 0 Å². The highest BCUT2D eigenvalue weighted by atomic mass is 16.7. The van der Waals surface area contributed by atoms with E-state index in [0.717, 1.165) is 16.6 Å². The average Bonchev–Trinajstić information content (AvgIpc) is 2.71. The van der Waals surface area contributed by atoms with Crippen molar-refractivity contribution in [3.63, 3.8) is 0 Å². The molecule has 5 nitrogen and oxygen atoms in total. The molecule has 1 saturated heterocycles. The summed E-state index contributed by atoms with van der Waals surface area (Å²) in [5.74, 6) is -0.0713. The minimum Gasteiger partial charge on any atom is -0.400 e. The summed E-state index contributed by atoms with van der Waals surface area (Å²) in [6.07, 6.45) is 1.95. The zero-order chi connectivity index (χ0) is 19.7. The van der Waals surface area contributed by atoms with Crippen molar-refractivity contribution in [1.82, 2.24) is 5.32 Å². The molecule has 6 heteroatoms. The van der Waals surface area contributed by atoms with Crippen LogP contribution in [0.4, 0.5) is 0 Å². The Bertz CT molecular complexity index is 736. The van der Waals surface area contributed by atoms with Gasteiger partial charge < -0.3 is 14.6 Å². The molecule has 0 unspecified atom stereocenters. The Balaban J connectivity index is 2.36. The van der Waals surface area contributed by atoms with Crippen LogP contribution in [0.2, 0.25) is 0 Å². The van der Waals surface area contributed by atoms with Gasteiger partial charge in [-0.3, -0.25) is 9.59 Å². The minimum atomic E-state index is -0.542. The summed E-state index contributed by atoms with van der Waals surface area (Å²) in [5, 5.41) is 2.82. The number of carbonyl (C=O) groups excluding carboxylic acids is 2. The third-order valence-corrected chi connectivity index (χ3v) is 5.08. The predicted molar refractivity (Wildman–Crippen MR) is 104 cm³/mol. The summed E-state index contributed by atoms with van der Waals surface area (Å²) in [5.41, 5.74) is 2.47. The van der Waals surface area contributed by atoms with Gasteiger partial charge in [-0.15, -0.1) is 0 Å². The van der Waals surface area contributed by atoms with E-state index < -0.39 is 18.3 Å². The van der Waals surface area contributed by atoms with Gasteiger partial charge in [0.25, 0.3) is 0 Å². The van der Waals surface area contributed by atoms with Gasteiger partial charge in [0.1, 0.15) is 0 Å². The molecule has 0 saturated carbocycles. The maximum absolute atomic E-state index is 11.6. The van der Waals surface area contributed by atoms with Crippen LogP contribution in [0.5, 0.6) is 0 Å². The monoisotopic (exact) mass is 357 g/mol. The number of Topliss-reactive ketones (excluding diaryl/α,β-unsaturated/α-hetero) is 1. The molecule has 0 aliphatic carbocycles. The molecule has 140 valence electrons. The third-order valence-electron chi connectivity index (χ3n) is 5.08. The lowest BCUT2D eigenvalue weighted by molar-refractivity contribution is -0.118. The molecule has 0 radical (unpaired) electrons. The first-order valence-electron chi connectivity index (χ1n) is 8.85. The lowest BCUT2D eigenvalue weighted by Crippen LogP contribution is -2.41. The van der Waals surface area contributed by atoms with E-state index >= 15 is 0 Å². The Hall–Kier alpha value is -1.92. The summed E-state index contributed by atoms with van der Waals surface area (Å²) >= 11 is 0. The molecular weight excluding hydrogens is 329 g/mol. The first-order chi connectivity index (χ1) is 11.9. The van der Waals surface area contributed by atoms with Crippen LogP contribution >= 0.6 is 0 Å². The van der Waals surface area contributed by atoms with Crippen molar-refractivity contribution >= 4 is 24.9 Å². The van der Waals surface area contributed by atoms with Gasteiger partial charge >= 0.3 is 7.12 Å². The summed E-state index contributed by atoms with van der Waals surface area (Å²) in [6, 6.07) is 5.67. The number of nitrogens with one attached hydrogen (secondary N) is 1. The second kappa shape index (κ2) is 7.37. The van der Waals surface area contributed by atoms with Crippen LogP contribution in [0, 0.1) is 6.92 Å². The highest BCUT2D eigenvalue weighted by Crippen LogP contribution is 2.38. The zero-order valence-corrected chi connectivity index (χ0v) is 16.7. The maximum atomic E-state index is 11.6. The van der Waals surface area contributed by atoms with E-state index in [1.807, 2.05) is 58.9 Å². The number of hydrogen-bond acceptors (Lipinski definition) is 4. The lowest BCUT2D eigenvalue weighted by Gasteiger charge is -2.32. The minimum absolute atomic E-state index is 0.0439. The van der Waals surface area contributed by atoms with E-state index in [0.29, 0.717) is 12.1 Å². The molecule has 2 rings (SSSR count). The van der Waals surface area contributed by atoms with Crippen LogP contribution in [0.25, 0.3) is 6.08 Å². The summed E-state index contributed by atoms with van der Waals surface area (Å²) in [7, 11) is -0.542. The SMILES string of the molecule is CC(=O)NCC(=Cc1ccc(C(C)=O)c(C)c1)B1OC(C)(C)C(C)(C)O1. The molecule has 0 bridgehead atoms. The maximum Gasteiger partial charge on any atom is 0.492 e. The Kier molecular flexibility index (Phi) is 5.78. The molecule has 0 spiro atoms. The zero-order valence-electron chi connectivity index (χ0n) is 16.7. The van der Waals surface area contributed by atoms with Crippen molar-refractivity contribution in [3.05, 3.63) is 40.4 Å². The van der Waals surface area contributed by atoms with Gasteiger partial charge in [0.2, 0.25) is 5.91 Å². The van der Waals surface area contributed by atoms with E-state index in [1.165, 1.54) is 6.92 Å². The van der Waals surface area contributed by atoms with Gasteiger partial charge in [0.15, 0.2) is 5.78 Å². The summed E-state index contributed by atoms with van der Waals surface area (Å²) < 4.78 is 12.3. The van der Waals surface area contributed by atoms with Crippen molar-refractivity contribution in [1.29, 1.82) is 0 Å². The van der Waals surface area contributed by atoms with Crippen molar-refractivity contribution in [2.45, 2.75) is 59.7 Å². The third kappa shape index (κ3) is 4.43. The number of hydrogen-bond donors (Lipinski definition) is 1. The fourth-order valence-electron chi connectivity index (χ4n) is 2.81. The standard InChI is InChI=1S/C20H28BNO4/c1-13-10-16(8-9-18(13)14(2)23)11-17(12-22-15(3)24)21-25-19(4,5)20(6,7)26-21/h8-11H,12H2,1-7H3,(H,22,24). The van der Waals surface area contributed by atoms with Crippen molar-refractivity contribution in [2.75, 3.05) is 6.54 Å². The van der Waals surface area contributed by atoms with Crippen LogP contribution in [-0.2, 0) is 14.1 Å². The number of benzene rings is 1. The van der Waals surface area contributed by atoms with Crippen molar-refractivity contribution in [3.8, 4) is 0 Å². The van der Waals surface area contributed by atoms with Crippen LogP contribution < -0.4 is 5.32 Å². The average molecular weight is 357 g/mol. The predicted octanol–water partition coefficient (Wildman–Crippen LogP) is 3.35. The van der Waals surface area contributed by atoms with Gasteiger partial charge in [0.05, 0.1) is 11.2 Å². The van der Waals surface area contributed by atoms with E-state index in [-0.39, 0.29) is 11.7 Å². The Morgan fingerprint density at radius 1 is 1.12 bits per heavy atom. The molecule has 1 amide bonds. The molecule has 1 N–H and O–H groups in total. The number of rotatable bonds is 5. The first-order valence-corrected chi connectivity index (χ1v) is 8.85. The van der Waals surface area contributed by atoms with E-state index in [2.05, 4.69) is 5.32 Å². The summed E-state index contributed by atoms with van der Waals surface area (Å²) in [4.78, 5) is 23.0. The second-order valence-corrected chi connectivity index (χ2v) is 7.85. The van der Waals surface area contributed by atoms with Gasteiger partial charge in [-0.05, 0) is 58.1 Å². The molecule has 0 aromatic heterocycles. The van der Waals surface area contributed by atoms with Crippen LogP contribution in [0.15, 0.2) is 23.7 Å². The number of amides is 1. The number of aryl methyl sites for hydroxylation is 1. The van der Waals surface area contributed by atoms with Crippen LogP contribution in [0.3, 0.4) is 0 Å². The van der Waals surface area contributed by atoms with Gasteiger partial charge in [-0.1, -0.05) is 24.3 Å². The normalized spacial score (nSPS) is 18.7. The highest BCUT2D eigenvalue weighted by Gasteiger charge is 2.52. The van der Waals surface area contributed by atoms with Gasteiger partial charge in [-0.25, -0.2) is 0 Å². The molecule has 1 aliphatic heterocycles. The highest BCUT2D eigenvalue weighted by molar-refractivity contribution is 6.56. The van der Waals surface area contributed by atoms with E-state index in [9.17, 15) is 9.59 Å². The molecule has 26 heavy (non-hydrogen) atoms. The lowest BCUT2D eigenvalue weighted by atomic mass is 9.76. The van der Waals surface area contributed by atoms with Crippen molar-refractivity contribution < 1.29 is 18.9 Å². The number of carbonyl (C=O) groups is 2. The molecule has 1 aromatic rings. The van der Waals surface area contributed by atoms with E-state index in [4.69, 9.17) is 9.31 Å². The summed E-state index contributed by atoms with van der Waals surface area (Å²) in [6.45, 7) is 13.3. The molecule has 1 aromatic carbocycles. The Labute approximate surface area is 156 Å². The van der Waals surface area contributed by atoms with Gasteiger partial charge in [0, 0.05) is 19.0 Å². The fourth-order valence-corrected chi connectivity index (χ4v) is 2.81. The largest absolute Gasteiger partial charge is 0.492 e. The van der Waals surface area contributed by atoms with E-state index in [1.54, 1.807) is 6.92 Å². The molecule has 0 atom stereocenters. The molecular formula is C20H28BNO4. The molecule has 1 heterocycles. The van der Waals surface area contributed by atoms with Crippen molar-refractivity contribution in [2.24, 2.45) is 0 Å². The van der Waals surface area contributed by atoms with Crippen LogP contribution in [0.1, 0.15) is 63.0 Å². The van der Waals surface area contributed by atoms with Crippen LogP contribution in [-0.4, -0.2) is 36.6 Å². The second-order valence-electron chi connectivity index (χ2n) is 7.85. The molecule has 1 fully saturated rings. The first kappa shape index (κ1) is 20.4. The smallest absolute Gasteiger partial charge is 0.400 e. The number of ketones is 1. The Morgan fingerprint density at radius 2 is 1.69 bits per heavy atom. The quantitative estimate of drug-likeness (QED) is 0.648.